The van der Waals surface area contributed by atoms with E-state index in [2.05, 4.69) is 0 Å². The molecule has 6 heteroatoms. The Morgan fingerprint density at radius 1 is 1.41 bits per heavy atom. The predicted octanol–water partition coefficient (Wildman–Crippen LogP) is 1.10. The molecule has 0 unspecified atom stereocenters. The van der Waals surface area contributed by atoms with E-state index in [1.807, 2.05) is 0 Å². The summed E-state index contributed by atoms with van der Waals surface area (Å²) in [4.78, 5) is 24.4. The lowest BCUT2D eigenvalue weighted by Crippen LogP contribution is -2.62. The van der Waals surface area contributed by atoms with Gasteiger partial charge in [-0.3, -0.25) is 4.90 Å². The lowest BCUT2D eigenvalue weighted by molar-refractivity contribution is -0.160. The summed E-state index contributed by atoms with van der Waals surface area (Å²) in [6.45, 7) is 7.19. The molecule has 0 saturated carbocycles. The van der Waals surface area contributed by atoms with Gasteiger partial charge in [0.15, 0.2) is 5.54 Å². The van der Waals surface area contributed by atoms with Gasteiger partial charge in [0, 0.05) is 6.54 Å². The number of carbonyl (C=O) groups excluding carboxylic acids is 1. The summed E-state index contributed by atoms with van der Waals surface area (Å²) in [6.07, 6.45) is -0.620. The zero-order chi connectivity index (χ0) is 13.3. The van der Waals surface area contributed by atoms with E-state index >= 15 is 0 Å². The van der Waals surface area contributed by atoms with Crippen LogP contribution >= 0.6 is 0 Å². The van der Waals surface area contributed by atoms with Crippen molar-refractivity contribution in [2.45, 2.75) is 38.8 Å². The average Bonchev–Trinajstić information content (AvgIpc) is 2.15. The summed E-state index contributed by atoms with van der Waals surface area (Å²) in [5.41, 5.74) is -2.00. The van der Waals surface area contributed by atoms with Gasteiger partial charge < -0.3 is 14.6 Å². The van der Waals surface area contributed by atoms with E-state index < -0.39 is 23.2 Å². The smallest absolute Gasteiger partial charge is 0.411 e. The third-order valence-corrected chi connectivity index (χ3v) is 2.51. The van der Waals surface area contributed by atoms with Crippen molar-refractivity contribution in [3.05, 3.63) is 0 Å². The van der Waals surface area contributed by atoms with Crippen molar-refractivity contribution in [3.8, 4) is 0 Å². The van der Waals surface area contributed by atoms with Crippen LogP contribution in [0.4, 0.5) is 4.79 Å². The number of amides is 1. The van der Waals surface area contributed by atoms with E-state index in [-0.39, 0.29) is 13.2 Å². The lowest BCUT2D eigenvalue weighted by Gasteiger charge is -2.41. The molecule has 0 aromatic heterocycles. The minimum Gasteiger partial charge on any atom is -0.479 e. The molecule has 6 nitrogen and oxygen atoms in total. The van der Waals surface area contributed by atoms with E-state index in [0.29, 0.717) is 6.61 Å². The van der Waals surface area contributed by atoms with E-state index in [1.165, 1.54) is 11.8 Å². The Morgan fingerprint density at radius 3 is 2.47 bits per heavy atom. The molecule has 98 valence electrons. The summed E-state index contributed by atoms with van der Waals surface area (Å²) in [7, 11) is 0. The summed E-state index contributed by atoms with van der Waals surface area (Å²) in [6, 6.07) is 0. The zero-order valence-corrected chi connectivity index (χ0v) is 10.6. The predicted molar refractivity (Wildman–Crippen MR) is 59.8 cm³/mol. The Labute approximate surface area is 100 Å². The highest BCUT2D eigenvalue weighted by atomic mass is 16.6. The molecule has 17 heavy (non-hydrogen) atoms. The van der Waals surface area contributed by atoms with Gasteiger partial charge in [-0.2, -0.15) is 0 Å². The Kier molecular flexibility index (Phi) is 3.66. The number of morpholine rings is 1. The van der Waals surface area contributed by atoms with Crippen LogP contribution in [0.3, 0.4) is 0 Å². The van der Waals surface area contributed by atoms with Gasteiger partial charge in [0.25, 0.3) is 0 Å². The molecule has 1 saturated heterocycles. The molecule has 0 bridgehead atoms. The van der Waals surface area contributed by atoms with E-state index in [0.717, 1.165) is 0 Å². The van der Waals surface area contributed by atoms with Gasteiger partial charge in [-0.15, -0.1) is 0 Å². The number of nitrogens with zero attached hydrogens (tertiary/aromatic N) is 1. The van der Waals surface area contributed by atoms with Crippen LogP contribution in [0.2, 0.25) is 0 Å². The van der Waals surface area contributed by atoms with Crippen molar-refractivity contribution in [1.29, 1.82) is 0 Å². The number of rotatable bonds is 1. The van der Waals surface area contributed by atoms with E-state index in [1.54, 1.807) is 20.8 Å². The van der Waals surface area contributed by atoms with Crippen molar-refractivity contribution < 1.29 is 24.2 Å². The molecular formula is C11H19NO5. The number of hydrogen-bond donors (Lipinski definition) is 1. The zero-order valence-electron chi connectivity index (χ0n) is 10.6. The molecule has 0 aliphatic carbocycles. The number of carboxylic acids is 1. The van der Waals surface area contributed by atoms with E-state index in [4.69, 9.17) is 9.47 Å². The van der Waals surface area contributed by atoms with Gasteiger partial charge >= 0.3 is 12.1 Å². The van der Waals surface area contributed by atoms with Crippen LogP contribution in [0.25, 0.3) is 0 Å². The van der Waals surface area contributed by atoms with Crippen molar-refractivity contribution in [2.75, 3.05) is 19.8 Å². The number of hydrogen-bond acceptors (Lipinski definition) is 4. The van der Waals surface area contributed by atoms with Crippen LogP contribution in [0, 0.1) is 0 Å². The van der Waals surface area contributed by atoms with Crippen LogP contribution in [-0.4, -0.2) is 53.0 Å². The Bertz CT molecular complexity index is 322. The maximum absolute atomic E-state index is 11.9. The van der Waals surface area contributed by atoms with Crippen LogP contribution in [0.15, 0.2) is 0 Å². The third-order valence-electron chi connectivity index (χ3n) is 2.51. The van der Waals surface area contributed by atoms with Crippen molar-refractivity contribution in [1.82, 2.24) is 4.90 Å². The van der Waals surface area contributed by atoms with Crippen LogP contribution in [0.5, 0.6) is 0 Å². The Morgan fingerprint density at radius 2 is 2.00 bits per heavy atom. The first-order chi connectivity index (χ1) is 7.67. The first-order valence-corrected chi connectivity index (χ1v) is 5.48. The second-order valence-electron chi connectivity index (χ2n) is 5.26. The van der Waals surface area contributed by atoms with E-state index in [9.17, 15) is 14.7 Å². The highest BCUT2D eigenvalue weighted by molar-refractivity contribution is 5.84. The second-order valence-corrected chi connectivity index (χ2v) is 5.26. The van der Waals surface area contributed by atoms with Gasteiger partial charge in [0.2, 0.25) is 0 Å². The molecule has 1 amide bonds. The largest absolute Gasteiger partial charge is 0.479 e. The van der Waals surface area contributed by atoms with Gasteiger partial charge in [-0.1, -0.05) is 0 Å². The fourth-order valence-corrected chi connectivity index (χ4v) is 1.54. The van der Waals surface area contributed by atoms with Crippen molar-refractivity contribution >= 4 is 12.1 Å². The summed E-state index contributed by atoms with van der Waals surface area (Å²) in [5.74, 6) is -1.09. The van der Waals surface area contributed by atoms with Crippen LogP contribution in [0.1, 0.15) is 27.7 Å². The summed E-state index contributed by atoms with van der Waals surface area (Å²) >= 11 is 0. The monoisotopic (exact) mass is 245 g/mol. The summed E-state index contributed by atoms with van der Waals surface area (Å²) in [5, 5.41) is 9.19. The minimum absolute atomic E-state index is 0.0262. The average molecular weight is 245 g/mol. The molecule has 1 N–H and O–H groups in total. The van der Waals surface area contributed by atoms with Gasteiger partial charge in [-0.05, 0) is 27.7 Å². The van der Waals surface area contributed by atoms with Crippen molar-refractivity contribution in [2.24, 2.45) is 0 Å². The Balaban J connectivity index is 2.86. The fourth-order valence-electron chi connectivity index (χ4n) is 1.54. The second kappa shape index (κ2) is 4.52. The fraction of sp³-hybridized carbons (Fsp3) is 0.818. The highest BCUT2D eigenvalue weighted by Crippen LogP contribution is 2.23. The molecule has 1 aliphatic heterocycles. The van der Waals surface area contributed by atoms with Gasteiger partial charge in [0.1, 0.15) is 5.60 Å². The molecule has 1 rings (SSSR count). The van der Waals surface area contributed by atoms with Gasteiger partial charge in [-0.25, -0.2) is 9.59 Å². The first kappa shape index (κ1) is 13.8. The maximum atomic E-state index is 11.9. The molecule has 0 spiro atoms. The number of carbonyl (C=O) groups is 2. The molecule has 1 fully saturated rings. The minimum atomic E-state index is -1.36. The number of carboxylic acid groups (broad SMARTS) is 1. The molecule has 1 aliphatic rings. The molecule has 1 heterocycles. The normalized spacial score (nSPS) is 25.5. The standard InChI is InChI=1S/C11H19NO5/c1-10(2,3)17-9(15)12-5-6-16-7-11(12,4)8(13)14/h5-7H2,1-4H3,(H,13,14)/t11-/m0/s1. The molecule has 0 aromatic rings. The maximum Gasteiger partial charge on any atom is 0.411 e. The molecule has 1 atom stereocenters. The molecular weight excluding hydrogens is 226 g/mol. The van der Waals surface area contributed by atoms with Crippen LogP contribution < -0.4 is 0 Å². The van der Waals surface area contributed by atoms with Gasteiger partial charge in [0.05, 0.1) is 13.2 Å². The highest BCUT2D eigenvalue weighted by Gasteiger charge is 2.46. The SMILES string of the molecule is CC(C)(C)OC(=O)N1CCOC[C@@]1(C)C(=O)O. The quantitative estimate of drug-likeness (QED) is 0.748. The number of aliphatic carboxylic acids is 1. The number of ether oxygens (including phenoxy) is 2. The van der Waals surface area contributed by atoms with Crippen molar-refractivity contribution in [3.63, 3.8) is 0 Å². The van der Waals surface area contributed by atoms with Crippen LogP contribution in [-0.2, 0) is 14.3 Å². The molecule has 0 radical (unpaired) electrons. The third kappa shape index (κ3) is 3.09. The topological polar surface area (TPSA) is 76.1 Å². The Hall–Kier alpha value is -1.30. The lowest BCUT2D eigenvalue weighted by atomic mass is 10.0. The summed E-state index contributed by atoms with van der Waals surface area (Å²) < 4.78 is 10.3. The molecule has 0 aromatic carbocycles. The first-order valence-electron chi connectivity index (χ1n) is 5.48.